The van der Waals surface area contributed by atoms with Crippen LogP contribution in [-0.2, 0) is 9.84 Å². The minimum atomic E-state index is -2.87. The number of hydrogen-bond acceptors (Lipinski definition) is 4. The summed E-state index contributed by atoms with van der Waals surface area (Å²) in [6.07, 6.45) is 0.664. The lowest BCUT2D eigenvalue weighted by atomic mass is 10.0. The summed E-state index contributed by atoms with van der Waals surface area (Å²) in [6.45, 7) is 2.37. The molecule has 2 rings (SSSR count). The molecule has 1 fully saturated rings. The molecule has 0 saturated carbocycles. The van der Waals surface area contributed by atoms with Gasteiger partial charge in [0.15, 0.2) is 9.84 Å². The van der Waals surface area contributed by atoms with Gasteiger partial charge in [0.05, 0.1) is 11.5 Å². The molecule has 6 heteroatoms. The topological polar surface area (TPSA) is 66.4 Å². The first-order chi connectivity index (χ1) is 8.87. The van der Waals surface area contributed by atoms with Gasteiger partial charge in [0, 0.05) is 11.6 Å². The van der Waals surface area contributed by atoms with Gasteiger partial charge < -0.3 is 10.4 Å². The van der Waals surface area contributed by atoms with Crippen LogP contribution in [-0.4, -0.2) is 31.6 Å². The highest BCUT2D eigenvalue weighted by Crippen LogP contribution is 2.25. The number of rotatable bonds is 4. The van der Waals surface area contributed by atoms with E-state index in [1.165, 1.54) is 18.2 Å². The monoisotopic (exact) mass is 287 g/mol. The molecule has 1 aromatic carbocycles. The van der Waals surface area contributed by atoms with E-state index < -0.39 is 15.7 Å². The zero-order valence-electron chi connectivity index (χ0n) is 10.8. The first-order valence-corrected chi connectivity index (χ1v) is 8.12. The second kappa shape index (κ2) is 5.46. The average Bonchev–Trinajstić information content (AvgIpc) is 2.69. The Morgan fingerprint density at radius 2 is 2.26 bits per heavy atom. The van der Waals surface area contributed by atoms with Crippen molar-refractivity contribution in [3.05, 3.63) is 29.6 Å². The molecule has 0 aromatic heterocycles. The third kappa shape index (κ3) is 3.67. The molecule has 0 spiro atoms. The van der Waals surface area contributed by atoms with Crippen molar-refractivity contribution in [3.8, 4) is 5.75 Å². The highest BCUT2D eigenvalue weighted by atomic mass is 32.2. The molecule has 2 unspecified atom stereocenters. The second-order valence-corrected chi connectivity index (χ2v) is 7.33. The average molecular weight is 287 g/mol. The van der Waals surface area contributed by atoms with Crippen LogP contribution in [0.1, 0.15) is 24.9 Å². The minimum Gasteiger partial charge on any atom is -0.508 e. The van der Waals surface area contributed by atoms with Crippen molar-refractivity contribution in [2.24, 2.45) is 5.92 Å². The fourth-order valence-electron chi connectivity index (χ4n) is 2.36. The molecule has 106 valence electrons. The maximum Gasteiger partial charge on any atom is 0.150 e. The number of aromatic hydroxyl groups is 1. The molecule has 19 heavy (non-hydrogen) atoms. The predicted octanol–water partition coefficient (Wildman–Crippen LogP) is 1.62. The molecule has 2 atom stereocenters. The zero-order valence-corrected chi connectivity index (χ0v) is 11.6. The fourth-order valence-corrected chi connectivity index (χ4v) is 4.22. The van der Waals surface area contributed by atoms with E-state index in [2.05, 4.69) is 5.32 Å². The summed E-state index contributed by atoms with van der Waals surface area (Å²) in [7, 11) is -2.87. The van der Waals surface area contributed by atoms with Crippen molar-refractivity contribution in [1.82, 2.24) is 5.32 Å². The van der Waals surface area contributed by atoms with Gasteiger partial charge in [-0.1, -0.05) is 0 Å². The Balaban J connectivity index is 1.94. The Kier molecular flexibility index (Phi) is 4.10. The summed E-state index contributed by atoms with van der Waals surface area (Å²) in [6, 6.07) is 3.59. The summed E-state index contributed by atoms with van der Waals surface area (Å²) in [5, 5.41) is 12.8. The van der Waals surface area contributed by atoms with Crippen molar-refractivity contribution in [2.75, 3.05) is 18.1 Å². The summed E-state index contributed by atoms with van der Waals surface area (Å²) < 4.78 is 35.8. The maximum atomic E-state index is 13.1. The number of nitrogens with one attached hydrogen (secondary N) is 1. The summed E-state index contributed by atoms with van der Waals surface area (Å²) in [4.78, 5) is 0. The number of phenolic OH excluding ortho intramolecular Hbond substituents is 1. The van der Waals surface area contributed by atoms with Gasteiger partial charge in [0.1, 0.15) is 11.6 Å². The first kappa shape index (κ1) is 14.3. The number of halogens is 1. The van der Waals surface area contributed by atoms with Crippen LogP contribution in [0.25, 0.3) is 0 Å². The highest BCUT2D eigenvalue weighted by Gasteiger charge is 2.28. The largest absolute Gasteiger partial charge is 0.508 e. The smallest absolute Gasteiger partial charge is 0.150 e. The van der Waals surface area contributed by atoms with E-state index in [1.54, 1.807) is 0 Å². The third-order valence-corrected chi connectivity index (χ3v) is 5.33. The van der Waals surface area contributed by atoms with E-state index in [1.807, 2.05) is 6.92 Å². The van der Waals surface area contributed by atoms with Crippen LogP contribution in [0.2, 0.25) is 0 Å². The van der Waals surface area contributed by atoms with E-state index in [9.17, 15) is 17.9 Å². The normalized spacial score (nSPS) is 23.4. The number of sulfone groups is 1. The second-order valence-electron chi connectivity index (χ2n) is 5.10. The lowest BCUT2D eigenvalue weighted by Gasteiger charge is -2.18. The van der Waals surface area contributed by atoms with Crippen LogP contribution in [0.4, 0.5) is 4.39 Å². The van der Waals surface area contributed by atoms with Gasteiger partial charge in [-0.25, -0.2) is 12.8 Å². The van der Waals surface area contributed by atoms with Gasteiger partial charge in [-0.3, -0.25) is 0 Å². The molecule has 1 aliphatic heterocycles. The van der Waals surface area contributed by atoms with Gasteiger partial charge in [-0.05, 0) is 44.0 Å². The van der Waals surface area contributed by atoms with Gasteiger partial charge in [-0.15, -0.1) is 0 Å². The van der Waals surface area contributed by atoms with Crippen LogP contribution in [0.5, 0.6) is 5.75 Å². The highest BCUT2D eigenvalue weighted by molar-refractivity contribution is 7.91. The van der Waals surface area contributed by atoms with Gasteiger partial charge in [-0.2, -0.15) is 0 Å². The molecular formula is C13H18FNO3S. The molecular weight excluding hydrogens is 269 g/mol. The van der Waals surface area contributed by atoms with E-state index in [0.29, 0.717) is 18.5 Å². The standard InChI is InChI=1S/C13H18FNO3S/c1-9(12-6-11(14)2-3-13(12)16)15-7-10-4-5-19(17,18)8-10/h2-3,6,9-10,15-16H,4-5,7-8H2,1H3. The van der Waals surface area contributed by atoms with Crippen LogP contribution in [0, 0.1) is 11.7 Å². The molecule has 1 aromatic rings. The number of hydrogen-bond donors (Lipinski definition) is 2. The van der Waals surface area contributed by atoms with Gasteiger partial charge >= 0.3 is 0 Å². The maximum absolute atomic E-state index is 13.1. The summed E-state index contributed by atoms with van der Waals surface area (Å²) in [5.74, 6) is 0.203. The number of phenols is 1. The van der Waals surface area contributed by atoms with Crippen LogP contribution in [0.15, 0.2) is 18.2 Å². The molecule has 0 amide bonds. The van der Waals surface area contributed by atoms with Gasteiger partial charge in [0.2, 0.25) is 0 Å². The van der Waals surface area contributed by atoms with Crippen molar-refractivity contribution in [3.63, 3.8) is 0 Å². The molecule has 0 bridgehead atoms. The fraction of sp³-hybridized carbons (Fsp3) is 0.538. The molecule has 2 N–H and O–H groups in total. The van der Waals surface area contributed by atoms with Crippen LogP contribution < -0.4 is 5.32 Å². The summed E-state index contributed by atoms with van der Waals surface area (Å²) in [5.41, 5.74) is 0.487. The molecule has 4 nitrogen and oxygen atoms in total. The Morgan fingerprint density at radius 3 is 2.89 bits per heavy atom. The van der Waals surface area contributed by atoms with Crippen LogP contribution in [0.3, 0.4) is 0 Å². The lowest BCUT2D eigenvalue weighted by Crippen LogP contribution is -2.26. The molecule has 1 aliphatic rings. The third-order valence-electron chi connectivity index (χ3n) is 3.50. The van der Waals surface area contributed by atoms with Crippen LogP contribution >= 0.6 is 0 Å². The SMILES string of the molecule is CC(NCC1CCS(=O)(=O)C1)c1cc(F)ccc1O. The molecule has 0 radical (unpaired) electrons. The van der Waals surface area contributed by atoms with Crippen molar-refractivity contribution < 1.29 is 17.9 Å². The Bertz CT molecular complexity index is 559. The minimum absolute atomic E-state index is 0.0421. The van der Waals surface area contributed by atoms with E-state index in [4.69, 9.17) is 0 Å². The quantitative estimate of drug-likeness (QED) is 0.883. The van der Waals surface area contributed by atoms with E-state index in [0.717, 1.165) is 0 Å². The summed E-state index contributed by atoms with van der Waals surface area (Å²) >= 11 is 0. The van der Waals surface area contributed by atoms with Crippen molar-refractivity contribution in [2.45, 2.75) is 19.4 Å². The Labute approximate surface area is 112 Å². The lowest BCUT2D eigenvalue weighted by molar-refractivity contribution is 0.434. The predicted molar refractivity (Wildman–Crippen MR) is 71.2 cm³/mol. The Hall–Kier alpha value is -1.14. The molecule has 0 aliphatic carbocycles. The first-order valence-electron chi connectivity index (χ1n) is 6.29. The number of benzene rings is 1. The van der Waals surface area contributed by atoms with Gasteiger partial charge in [0.25, 0.3) is 0 Å². The molecule has 1 heterocycles. The van der Waals surface area contributed by atoms with Crippen molar-refractivity contribution in [1.29, 1.82) is 0 Å². The zero-order chi connectivity index (χ0) is 14.0. The van der Waals surface area contributed by atoms with E-state index in [-0.39, 0.29) is 29.2 Å². The van der Waals surface area contributed by atoms with Crippen molar-refractivity contribution >= 4 is 9.84 Å². The van der Waals surface area contributed by atoms with E-state index >= 15 is 0 Å². The molecule has 1 saturated heterocycles. The Morgan fingerprint density at radius 1 is 1.53 bits per heavy atom.